The summed E-state index contributed by atoms with van der Waals surface area (Å²) in [6.07, 6.45) is 7.78. The quantitative estimate of drug-likeness (QED) is 0.227. The summed E-state index contributed by atoms with van der Waals surface area (Å²) in [7, 11) is 1.87. The lowest BCUT2D eigenvalue weighted by Crippen LogP contribution is -2.05. The van der Waals surface area contributed by atoms with E-state index in [9.17, 15) is 0 Å². The first-order valence-corrected chi connectivity index (χ1v) is 13.7. The molecule has 1 heterocycles. The van der Waals surface area contributed by atoms with Gasteiger partial charge >= 0.3 is 0 Å². The minimum absolute atomic E-state index is 0.721. The molecule has 0 unspecified atom stereocenters. The van der Waals surface area contributed by atoms with Crippen molar-refractivity contribution in [2.45, 2.75) is 64.8 Å². The maximum atomic E-state index is 4.43. The van der Waals surface area contributed by atoms with Gasteiger partial charge in [0, 0.05) is 41.1 Å². The van der Waals surface area contributed by atoms with Crippen LogP contribution in [-0.2, 0) is 13.0 Å². The highest BCUT2D eigenvalue weighted by Gasteiger charge is 2.19. The molecule has 0 spiro atoms. The van der Waals surface area contributed by atoms with Crippen molar-refractivity contribution >= 4 is 38.3 Å². The number of benzene rings is 4. The number of fused-ring (bicyclic) bond motifs is 4. The molecule has 0 aliphatic heterocycles. The van der Waals surface area contributed by atoms with Gasteiger partial charge in [0.05, 0.1) is 0 Å². The molecule has 1 saturated carbocycles. The van der Waals surface area contributed by atoms with Crippen LogP contribution in [0.15, 0.2) is 77.8 Å². The molecule has 1 aromatic heterocycles. The summed E-state index contributed by atoms with van der Waals surface area (Å²) in [4.78, 5) is 4.43. The summed E-state index contributed by atoms with van der Waals surface area (Å²) in [5.74, 6) is 0.721. The van der Waals surface area contributed by atoms with Gasteiger partial charge < -0.3 is 4.57 Å². The molecule has 2 nitrogen and oxygen atoms in total. The minimum Gasteiger partial charge on any atom is -0.341 e. The van der Waals surface area contributed by atoms with E-state index in [1.54, 1.807) is 5.56 Å². The topological polar surface area (TPSA) is 17.3 Å². The van der Waals surface area contributed by atoms with Crippen LogP contribution in [0.4, 0.5) is 0 Å². The van der Waals surface area contributed by atoms with E-state index < -0.39 is 0 Å². The highest BCUT2D eigenvalue weighted by atomic mass is 15.0. The predicted molar refractivity (Wildman–Crippen MR) is 156 cm³/mol. The lowest BCUT2D eigenvalue weighted by atomic mass is 9.81. The molecule has 0 atom stereocenters. The van der Waals surface area contributed by atoms with Gasteiger partial charge in [-0.05, 0) is 96.3 Å². The van der Waals surface area contributed by atoms with Gasteiger partial charge in [-0.15, -0.1) is 0 Å². The fourth-order valence-electron chi connectivity index (χ4n) is 6.48. The van der Waals surface area contributed by atoms with Gasteiger partial charge in [-0.25, -0.2) is 0 Å². The van der Waals surface area contributed by atoms with Crippen molar-refractivity contribution in [3.05, 3.63) is 95.1 Å². The number of aliphatic imine (C=N–C) groups is 1. The molecule has 0 N–H and O–H groups in total. The van der Waals surface area contributed by atoms with E-state index in [2.05, 4.69) is 96.2 Å². The van der Waals surface area contributed by atoms with Gasteiger partial charge in [0.1, 0.15) is 0 Å². The number of aryl methyl sites for hydroxylation is 1. The molecule has 4 aromatic carbocycles. The Balaban J connectivity index is 1.44. The van der Waals surface area contributed by atoms with E-state index in [1.807, 2.05) is 7.05 Å². The second-order valence-electron chi connectivity index (χ2n) is 10.5. The molecule has 1 aliphatic carbocycles. The summed E-state index contributed by atoms with van der Waals surface area (Å²) < 4.78 is 2.44. The summed E-state index contributed by atoms with van der Waals surface area (Å²) in [5, 5.41) is 5.56. The lowest BCUT2D eigenvalue weighted by molar-refractivity contribution is 0.445. The van der Waals surface area contributed by atoms with Crippen molar-refractivity contribution in [3.63, 3.8) is 0 Å². The van der Waals surface area contributed by atoms with Crippen LogP contribution in [0.5, 0.6) is 0 Å². The van der Waals surface area contributed by atoms with E-state index in [4.69, 9.17) is 0 Å². The molecule has 0 radical (unpaired) electrons. The Morgan fingerprint density at radius 1 is 0.806 bits per heavy atom. The highest BCUT2D eigenvalue weighted by Crippen LogP contribution is 2.38. The van der Waals surface area contributed by atoms with Gasteiger partial charge in [0.2, 0.25) is 0 Å². The number of rotatable bonds is 5. The largest absolute Gasteiger partial charge is 0.341 e. The molecule has 2 heteroatoms. The molecule has 6 rings (SSSR count). The molecule has 0 saturated heterocycles. The Bertz CT molecular complexity index is 1590. The van der Waals surface area contributed by atoms with Crippen molar-refractivity contribution in [3.8, 4) is 0 Å². The minimum atomic E-state index is 0.721. The zero-order valence-electron chi connectivity index (χ0n) is 21.8. The van der Waals surface area contributed by atoms with Crippen LogP contribution >= 0.6 is 0 Å². The van der Waals surface area contributed by atoms with Gasteiger partial charge in [-0.1, -0.05) is 67.8 Å². The zero-order chi connectivity index (χ0) is 24.6. The first kappa shape index (κ1) is 23.0. The average Bonchev–Trinajstić information content (AvgIpc) is 3.25. The molecule has 1 fully saturated rings. The molecule has 0 bridgehead atoms. The Morgan fingerprint density at radius 3 is 2.28 bits per heavy atom. The summed E-state index contributed by atoms with van der Waals surface area (Å²) in [5.41, 5.74) is 9.27. The van der Waals surface area contributed by atoms with Crippen LogP contribution in [0.1, 0.15) is 74.1 Å². The first-order valence-electron chi connectivity index (χ1n) is 13.7. The molecule has 182 valence electrons. The number of aromatic nitrogens is 1. The lowest BCUT2D eigenvalue weighted by Gasteiger charge is -2.24. The van der Waals surface area contributed by atoms with Crippen molar-refractivity contribution in [2.75, 3.05) is 7.05 Å². The molecule has 5 aromatic rings. The van der Waals surface area contributed by atoms with Crippen molar-refractivity contribution in [1.82, 2.24) is 4.57 Å². The number of nitrogens with zero attached hydrogens (tertiary/aromatic N) is 2. The summed E-state index contributed by atoms with van der Waals surface area (Å²) >= 11 is 0. The van der Waals surface area contributed by atoms with E-state index in [0.717, 1.165) is 24.6 Å². The van der Waals surface area contributed by atoms with Crippen molar-refractivity contribution < 1.29 is 0 Å². The summed E-state index contributed by atoms with van der Waals surface area (Å²) in [6.45, 7) is 5.29. The average molecular weight is 473 g/mol. The maximum absolute atomic E-state index is 4.43. The van der Waals surface area contributed by atoms with Crippen LogP contribution in [0.2, 0.25) is 0 Å². The van der Waals surface area contributed by atoms with E-state index in [1.165, 1.54) is 81.4 Å². The van der Waals surface area contributed by atoms with Crippen molar-refractivity contribution in [1.29, 1.82) is 0 Å². The van der Waals surface area contributed by atoms with Gasteiger partial charge in [-0.3, -0.25) is 4.99 Å². The van der Waals surface area contributed by atoms with Gasteiger partial charge in [0.15, 0.2) is 0 Å². The maximum Gasteiger partial charge on any atom is 0.0491 e. The summed E-state index contributed by atoms with van der Waals surface area (Å²) in [6, 6.07) is 27.8. The molecular formula is C34H36N2. The van der Waals surface area contributed by atoms with Crippen LogP contribution < -0.4 is 0 Å². The molecule has 36 heavy (non-hydrogen) atoms. The fraction of sp³-hybridized carbons (Fsp3) is 0.324. The zero-order valence-corrected chi connectivity index (χ0v) is 21.8. The van der Waals surface area contributed by atoms with Crippen LogP contribution in [0.3, 0.4) is 0 Å². The van der Waals surface area contributed by atoms with E-state index in [-0.39, 0.29) is 0 Å². The van der Waals surface area contributed by atoms with Crippen LogP contribution in [0.25, 0.3) is 32.6 Å². The second kappa shape index (κ2) is 9.58. The molecule has 1 aliphatic rings. The highest BCUT2D eigenvalue weighted by molar-refractivity contribution is 6.11. The second-order valence-corrected chi connectivity index (χ2v) is 10.5. The third-order valence-electron chi connectivity index (χ3n) is 8.49. The predicted octanol–water partition coefficient (Wildman–Crippen LogP) is 9.04. The van der Waals surface area contributed by atoms with Gasteiger partial charge in [0.25, 0.3) is 0 Å². The molecular weight excluding hydrogens is 436 g/mol. The van der Waals surface area contributed by atoms with Crippen molar-refractivity contribution in [2.24, 2.45) is 4.99 Å². The standard InChI is InChI=1S/C34H36N2/c1-4-36-33-18-14-24(21-31(33)32-22-26(23(2)35-3)16-19-34(32)36)20-27-15-17-29(25-10-6-5-7-11-25)30-13-9-8-12-28(27)30/h8-9,12-19,21-22,25H,4-7,10-11,20H2,1-3H3. The van der Waals surface area contributed by atoms with E-state index >= 15 is 0 Å². The smallest absolute Gasteiger partial charge is 0.0491 e. The SMILES string of the molecule is CCn1c2ccc(Cc3ccc(C4CCCCC4)c4ccccc34)cc2c2cc(C(C)=NC)ccc21. The Labute approximate surface area is 214 Å². The van der Waals surface area contributed by atoms with Gasteiger partial charge in [-0.2, -0.15) is 0 Å². The Kier molecular flexibility index (Phi) is 6.13. The third kappa shape index (κ3) is 3.93. The first-order chi connectivity index (χ1) is 17.7. The monoisotopic (exact) mass is 472 g/mol. The number of hydrogen-bond acceptors (Lipinski definition) is 1. The Hall–Kier alpha value is -3.39. The molecule has 0 amide bonds. The van der Waals surface area contributed by atoms with Crippen LogP contribution in [-0.4, -0.2) is 17.3 Å². The van der Waals surface area contributed by atoms with E-state index in [0.29, 0.717) is 0 Å². The number of hydrogen-bond donors (Lipinski definition) is 0. The third-order valence-corrected chi connectivity index (χ3v) is 8.49. The normalized spacial score (nSPS) is 15.4. The Morgan fingerprint density at radius 2 is 1.53 bits per heavy atom. The fourth-order valence-corrected chi connectivity index (χ4v) is 6.48. The van der Waals surface area contributed by atoms with Crippen LogP contribution in [0, 0.1) is 0 Å².